The van der Waals surface area contributed by atoms with Crippen molar-refractivity contribution in [3.05, 3.63) is 12.4 Å². The lowest BCUT2D eigenvalue weighted by molar-refractivity contribution is -0.279. The van der Waals surface area contributed by atoms with Crippen LogP contribution in [0.15, 0.2) is 12.4 Å². The van der Waals surface area contributed by atoms with Crippen molar-refractivity contribution in [1.29, 1.82) is 0 Å². The molecule has 1 aliphatic rings. The third-order valence-corrected chi connectivity index (χ3v) is 2.40. The quantitative estimate of drug-likeness (QED) is 0.420. The summed E-state index contributed by atoms with van der Waals surface area (Å²) in [7, 11) is 0. The molecule has 94 valence electrons. The van der Waals surface area contributed by atoms with Gasteiger partial charge in [-0.3, -0.25) is 4.90 Å². The minimum absolute atomic E-state index is 0.200. The molecule has 0 N–H and O–H groups in total. The van der Waals surface area contributed by atoms with E-state index in [-0.39, 0.29) is 10.0 Å². The van der Waals surface area contributed by atoms with Gasteiger partial charge in [0, 0.05) is 26.2 Å². The van der Waals surface area contributed by atoms with Crippen molar-refractivity contribution in [3.63, 3.8) is 0 Å². The number of hydrogen-bond donors (Lipinski definition) is 0. The van der Waals surface area contributed by atoms with Gasteiger partial charge in [0.25, 0.3) is 0 Å². The molecule has 0 saturated carbocycles. The Balaban J connectivity index is 2.91. The van der Waals surface area contributed by atoms with Crippen molar-refractivity contribution in [2.24, 2.45) is 0 Å². The van der Waals surface area contributed by atoms with E-state index in [0.29, 0.717) is 0 Å². The van der Waals surface area contributed by atoms with Crippen molar-refractivity contribution in [1.82, 2.24) is 10.0 Å². The number of piperazine rings is 1. The second-order valence-electron chi connectivity index (χ2n) is 3.42. The summed E-state index contributed by atoms with van der Waals surface area (Å²) < 4.78 is 76.1. The van der Waals surface area contributed by atoms with E-state index in [1.165, 1.54) is 0 Å². The molecule has 0 bridgehead atoms. The van der Waals surface area contributed by atoms with Crippen molar-refractivity contribution < 1.29 is 26.4 Å². The molecule has 0 aromatic rings. The molecule has 2 nitrogen and oxygen atoms in total. The summed E-state index contributed by atoms with van der Waals surface area (Å²) in [4.78, 5) is 0.200. The zero-order chi connectivity index (χ0) is 12.6. The van der Waals surface area contributed by atoms with E-state index in [0.717, 1.165) is 0 Å². The third kappa shape index (κ3) is 2.17. The molecule has 0 radical (unpaired) electrons. The second-order valence-corrected chi connectivity index (χ2v) is 3.42. The molecule has 1 saturated heterocycles. The van der Waals surface area contributed by atoms with E-state index >= 15 is 0 Å². The van der Waals surface area contributed by atoms with Gasteiger partial charge in [0.05, 0.1) is 0 Å². The fourth-order valence-corrected chi connectivity index (χ4v) is 1.49. The van der Waals surface area contributed by atoms with Gasteiger partial charge in [0.15, 0.2) is 5.83 Å². The molecule has 0 aromatic carbocycles. The van der Waals surface area contributed by atoms with Crippen molar-refractivity contribution in [3.8, 4) is 0 Å². The summed E-state index contributed by atoms with van der Waals surface area (Å²) in [6, 6.07) is 0. The first-order valence-corrected chi connectivity index (χ1v) is 4.46. The Bertz CT molecular complexity index is 270. The fourth-order valence-electron chi connectivity index (χ4n) is 1.49. The highest BCUT2D eigenvalue weighted by molar-refractivity contribution is 5.09. The van der Waals surface area contributed by atoms with Crippen LogP contribution in [0, 0.1) is 0 Å². The predicted octanol–water partition coefficient (Wildman–Crippen LogP) is 2.20. The smallest absolute Gasteiger partial charge is 0.255 e. The minimum Gasteiger partial charge on any atom is -0.255 e. The fraction of sp³-hybridized carbons (Fsp3) is 0.750. The molecule has 1 atom stereocenters. The molecular weight excluding hydrogens is 238 g/mol. The zero-order valence-corrected chi connectivity index (χ0v) is 8.20. The van der Waals surface area contributed by atoms with Crippen LogP contribution in [0.5, 0.6) is 0 Å². The molecule has 16 heavy (non-hydrogen) atoms. The van der Waals surface area contributed by atoms with Gasteiger partial charge in [-0.25, -0.2) is 8.78 Å². The van der Waals surface area contributed by atoms with Crippen LogP contribution >= 0.6 is 0 Å². The van der Waals surface area contributed by atoms with Crippen LogP contribution in [0.1, 0.15) is 0 Å². The maximum Gasteiger partial charge on any atom is 0.443 e. The molecule has 1 heterocycles. The first kappa shape index (κ1) is 13.3. The monoisotopic (exact) mass is 248 g/mol. The molecule has 1 fully saturated rings. The van der Waals surface area contributed by atoms with Crippen LogP contribution in [-0.4, -0.2) is 48.2 Å². The average molecular weight is 248 g/mol. The molecule has 8 heteroatoms. The minimum atomic E-state index is -5.43. The summed E-state index contributed by atoms with van der Waals surface area (Å²) in [6.45, 7) is 0.442. The highest BCUT2D eigenvalue weighted by Crippen LogP contribution is 2.42. The number of hydrogen-bond acceptors (Lipinski definition) is 2. The van der Waals surface area contributed by atoms with Crippen LogP contribution in [-0.2, 0) is 0 Å². The molecule has 1 unspecified atom stereocenters. The van der Waals surface area contributed by atoms with Gasteiger partial charge in [-0.2, -0.15) is 13.2 Å². The highest BCUT2D eigenvalue weighted by atomic mass is 19.4. The van der Waals surface area contributed by atoms with E-state index in [1.807, 2.05) is 0 Å². The lowest BCUT2D eigenvalue weighted by Gasteiger charge is -2.40. The molecule has 1 rings (SSSR count). The van der Waals surface area contributed by atoms with Gasteiger partial charge >= 0.3 is 12.0 Å². The standard InChI is InChI=1S/C8H10F6N2/c1-6(9)7(10,8(11,12)13)15-2-4-16(14)5-3-15/h1-5H2. The molecule has 0 aromatic heterocycles. The topological polar surface area (TPSA) is 6.48 Å². The van der Waals surface area contributed by atoms with E-state index in [9.17, 15) is 26.4 Å². The SMILES string of the molecule is C=C(F)C(F)(N1CCN(F)CC1)C(F)(F)F. The average Bonchev–Trinajstić information content (AvgIpc) is 2.15. The van der Waals surface area contributed by atoms with E-state index in [4.69, 9.17) is 0 Å². The Kier molecular flexibility index (Phi) is 3.53. The Morgan fingerprint density at radius 2 is 1.44 bits per heavy atom. The molecule has 0 spiro atoms. The second kappa shape index (κ2) is 4.25. The Morgan fingerprint density at radius 1 is 1.00 bits per heavy atom. The summed E-state index contributed by atoms with van der Waals surface area (Å²) >= 11 is 0. The van der Waals surface area contributed by atoms with E-state index < -0.39 is 44.0 Å². The van der Waals surface area contributed by atoms with Crippen molar-refractivity contribution >= 4 is 0 Å². The van der Waals surface area contributed by atoms with E-state index in [2.05, 4.69) is 6.58 Å². The van der Waals surface area contributed by atoms with Crippen LogP contribution in [0.4, 0.5) is 26.4 Å². The lowest BCUT2D eigenvalue weighted by Crippen LogP contribution is -2.60. The van der Waals surface area contributed by atoms with Gasteiger partial charge in [-0.1, -0.05) is 6.58 Å². The summed E-state index contributed by atoms with van der Waals surface area (Å²) in [6.07, 6.45) is -5.43. The highest BCUT2D eigenvalue weighted by Gasteiger charge is 2.63. The number of alkyl halides is 4. The first-order chi connectivity index (χ1) is 7.19. The largest absolute Gasteiger partial charge is 0.443 e. The van der Waals surface area contributed by atoms with Gasteiger partial charge < -0.3 is 0 Å². The number of halogens is 6. The van der Waals surface area contributed by atoms with Gasteiger partial charge in [-0.05, 0) is 0 Å². The molecule has 0 amide bonds. The predicted molar refractivity (Wildman–Crippen MR) is 44.4 cm³/mol. The van der Waals surface area contributed by atoms with Crippen LogP contribution in [0.25, 0.3) is 0 Å². The number of nitrogens with zero attached hydrogens (tertiary/aromatic N) is 2. The molecular formula is C8H10F6N2. The third-order valence-electron chi connectivity index (χ3n) is 2.40. The Labute approximate surface area is 88.0 Å². The lowest BCUT2D eigenvalue weighted by atomic mass is 10.1. The summed E-state index contributed by atoms with van der Waals surface area (Å²) in [5.41, 5.74) is 0. The van der Waals surface area contributed by atoms with E-state index in [1.54, 1.807) is 0 Å². The van der Waals surface area contributed by atoms with Gasteiger partial charge in [-0.15, -0.1) is 9.60 Å². The molecule has 1 aliphatic heterocycles. The van der Waals surface area contributed by atoms with Crippen LogP contribution in [0.3, 0.4) is 0 Å². The maximum atomic E-state index is 13.6. The Hall–Kier alpha value is -0.760. The maximum absolute atomic E-state index is 13.6. The van der Waals surface area contributed by atoms with Gasteiger partial charge in [0.1, 0.15) is 0 Å². The van der Waals surface area contributed by atoms with Gasteiger partial charge in [0.2, 0.25) is 0 Å². The zero-order valence-electron chi connectivity index (χ0n) is 8.20. The summed E-state index contributed by atoms with van der Waals surface area (Å²) in [5, 5.41) is 0.244. The summed E-state index contributed by atoms with van der Waals surface area (Å²) in [5.74, 6) is -6.36. The normalized spacial score (nSPS) is 24.1. The molecule has 0 aliphatic carbocycles. The van der Waals surface area contributed by atoms with Crippen molar-refractivity contribution in [2.75, 3.05) is 26.2 Å². The Morgan fingerprint density at radius 3 is 1.75 bits per heavy atom. The first-order valence-electron chi connectivity index (χ1n) is 4.46. The number of rotatable bonds is 2. The van der Waals surface area contributed by atoms with Crippen molar-refractivity contribution in [2.45, 2.75) is 12.0 Å². The van der Waals surface area contributed by atoms with Crippen LogP contribution in [0.2, 0.25) is 0 Å². The van der Waals surface area contributed by atoms with Crippen LogP contribution < -0.4 is 0 Å².